The number of hydrogen-bond acceptors (Lipinski definition) is 3. The van der Waals surface area contributed by atoms with Crippen LogP contribution >= 0.6 is 11.6 Å². The van der Waals surface area contributed by atoms with Gasteiger partial charge in [0.15, 0.2) is 0 Å². The average Bonchev–Trinajstić information content (AvgIpc) is 2.46. The Morgan fingerprint density at radius 2 is 2.29 bits per heavy atom. The van der Waals surface area contributed by atoms with Crippen LogP contribution in [0.3, 0.4) is 0 Å². The highest BCUT2D eigenvalue weighted by molar-refractivity contribution is 6.33. The summed E-state index contributed by atoms with van der Waals surface area (Å²) in [5.41, 5.74) is 6.74. The van der Waals surface area contributed by atoms with E-state index in [2.05, 4.69) is 10.2 Å². The SMILES string of the molecule is CC(N)CCC(=O)NC1CCCN(c2ccccc2Cl)C1. The molecule has 21 heavy (non-hydrogen) atoms. The minimum Gasteiger partial charge on any atom is -0.368 e. The van der Waals surface area contributed by atoms with Crippen LogP contribution in [0, 0.1) is 0 Å². The number of hydrogen-bond donors (Lipinski definition) is 2. The fraction of sp³-hybridized carbons (Fsp3) is 0.562. The molecule has 0 radical (unpaired) electrons. The standard InChI is InChI=1S/C16H24ClN3O/c1-12(18)8-9-16(21)19-13-5-4-10-20(11-13)15-7-3-2-6-14(15)17/h2-3,6-7,12-13H,4-5,8-11,18H2,1H3,(H,19,21). The lowest BCUT2D eigenvalue weighted by molar-refractivity contribution is -0.122. The Kier molecular flexibility index (Phi) is 5.88. The van der Waals surface area contributed by atoms with Crippen LogP contribution in [0.4, 0.5) is 5.69 Å². The molecule has 0 aromatic heterocycles. The molecule has 1 aromatic rings. The Bertz CT molecular complexity index is 478. The van der Waals surface area contributed by atoms with Crippen LogP contribution in [0.2, 0.25) is 5.02 Å². The van der Waals surface area contributed by atoms with Crippen molar-refractivity contribution >= 4 is 23.2 Å². The summed E-state index contributed by atoms with van der Waals surface area (Å²) in [6, 6.07) is 8.12. The average molecular weight is 310 g/mol. The molecule has 1 heterocycles. The lowest BCUT2D eigenvalue weighted by Crippen LogP contribution is -2.48. The molecule has 2 unspecified atom stereocenters. The van der Waals surface area contributed by atoms with Gasteiger partial charge in [0, 0.05) is 31.6 Å². The number of piperidine rings is 1. The highest BCUT2D eigenvalue weighted by Gasteiger charge is 2.22. The third kappa shape index (κ3) is 4.90. The summed E-state index contributed by atoms with van der Waals surface area (Å²) in [6.45, 7) is 3.72. The largest absolute Gasteiger partial charge is 0.368 e. The van der Waals surface area contributed by atoms with Gasteiger partial charge in [-0.2, -0.15) is 0 Å². The van der Waals surface area contributed by atoms with E-state index in [9.17, 15) is 4.79 Å². The van der Waals surface area contributed by atoms with E-state index in [1.54, 1.807) is 0 Å². The van der Waals surface area contributed by atoms with E-state index in [-0.39, 0.29) is 18.0 Å². The van der Waals surface area contributed by atoms with E-state index in [1.807, 2.05) is 31.2 Å². The molecule has 4 nitrogen and oxygen atoms in total. The van der Waals surface area contributed by atoms with Gasteiger partial charge in [0.2, 0.25) is 5.91 Å². The molecule has 1 fully saturated rings. The van der Waals surface area contributed by atoms with Gasteiger partial charge in [-0.1, -0.05) is 23.7 Å². The molecule has 0 spiro atoms. The summed E-state index contributed by atoms with van der Waals surface area (Å²) < 4.78 is 0. The van der Waals surface area contributed by atoms with Crippen molar-refractivity contribution in [3.8, 4) is 0 Å². The van der Waals surface area contributed by atoms with E-state index >= 15 is 0 Å². The van der Waals surface area contributed by atoms with Crippen LogP contribution in [-0.4, -0.2) is 31.1 Å². The van der Waals surface area contributed by atoms with Crippen LogP contribution in [0.1, 0.15) is 32.6 Å². The summed E-state index contributed by atoms with van der Waals surface area (Å²) >= 11 is 6.25. The molecule has 3 N–H and O–H groups in total. The van der Waals surface area contributed by atoms with E-state index in [0.717, 1.165) is 43.1 Å². The van der Waals surface area contributed by atoms with Gasteiger partial charge in [0.25, 0.3) is 0 Å². The summed E-state index contributed by atoms with van der Waals surface area (Å²) in [4.78, 5) is 14.2. The molecule has 1 aliphatic rings. The molecule has 2 atom stereocenters. The van der Waals surface area contributed by atoms with Gasteiger partial charge < -0.3 is 16.0 Å². The van der Waals surface area contributed by atoms with Gasteiger partial charge in [-0.25, -0.2) is 0 Å². The molecule has 0 aliphatic carbocycles. The number of nitrogens with one attached hydrogen (secondary N) is 1. The molecule has 1 amide bonds. The Labute approximate surface area is 131 Å². The topological polar surface area (TPSA) is 58.4 Å². The van der Waals surface area contributed by atoms with Gasteiger partial charge in [-0.15, -0.1) is 0 Å². The number of carbonyl (C=O) groups excluding carboxylic acids is 1. The van der Waals surface area contributed by atoms with Crippen LogP contribution < -0.4 is 16.0 Å². The molecule has 1 aliphatic heterocycles. The molecule has 5 heteroatoms. The van der Waals surface area contributed by atoms with Crippen molar-refractivity contribution in [1.29, 1.82) is 0 Å². The predicted molar refractivity (Wildman–Crippen MR) is 87.7 cm³/mol. The fourth-order valence-electron chi connectivity index (χ4n) is 2.68. The molecule has 1 saturated heterocycles. The zero-order chi connectivity index (χ0) is 15.2. The number of halogens is 1. The minimum atomic E-state index is 0.0710. The van der Waals surface area contributed by atoms with Gasteiger partial charge in [0.1, 0.15) is 0 Å². The predicted octanol–water partition coefficient (Wildman–Crippen LogP) is 2.55. The number of amides is 1. The number of nitrogens with zero attached hydrogens (tertiary/aromatic N) is 1. The van der Waals surface area contributed by atoms with E-state index in [0.29, 0.717) is 6.42 Å². The maximum Gasteiger partial charge on any atom is 0.220 e. The summed E-state index contributed by atoms with van der Waals surface area (Å²) in [5, 5.41) is 3.88. The first kappa shape index (κ1) is 16.1. The zero-order valence-electron chi connectivity index (χ0n) is 12.5. The number of nitrogens with two attached hydrogens (primary N) is 1. The number of carbonyl (C=O) groups is 1. The molecule has 1 aromatic carbocycles. The zero-order valence-corrected chi connectivity index (χ0v) is 13.3. The Hall–Kier alpha value is -1.26. The van der Waals surface area contributed by atoms with Crippen molar-refractivity contribution in [2.24, 2.45) is 5.73 Å². The van der Waals surface area contributed by atoms with E-state index in [1.165, 1.54) is 0 Å². The van der Waals surface area contributed by atoms with Crippen molar-refractivity contribution in [2.45, 2.75) is 44.7 Å². The highest BCUT2D eigenvalue weighted by atomic mass is 35.5. The van der Waals surface area contributed by atoms with E-state index in [4.69, 9.17) is 17.3 Å². The second-order valence-corrected chi connectivity index (χ2v) is 6.23. The molecule has 0 saturated carbocycles. The Morgan fingerprint density at radius 1 is 1.52 bits per heavy atom. The van der Waals surface area contributed by atoms with Gasteiger partial charge in [0.05, 0.1) is 10.7 Å². The first-order valence-electron chi connectivity index (χ1n) is 7.60. The van der Waals surface area contributed by atoms with E-state index < -0.39 is 0 Å². The number of para-hydroxylation sites is 1. The first-order valence-corrected chi connectivity index (χ1v) is 7.98. The molecule has 116 valence electrons. The van der Waals surface area contributed by atoms with Crippen molar-refractivity contribution in [3.63, 3.8) is 0 Å². The van der Waals surface area contributed by atoms with Crippen molar-refractivity contribution < 1.29 is 4.79 Å². The summed E-state index contributed by atoms with van der Waals surface area (Å²) in [6.07, 6.45) is 3.31. The van der Waals surface area contributed by atoms with Crippen LogP contribution in [0.5, 0.6) is 0 Å². The summed E-state index contributed by atoms with van der Waals surface area (Å²) in [5.74, 6) is 0.0957. The number of anilines is 1. The number of rotatable bonds is 5. The quantitative estimate of drug-likeness (QED) is 0.879. The monoisotopic (exact) mass is 309 g/mol. The molecule has 0 bridgehead atoms. The first-order chi connectivity index (χ1) is 10.1. The molecule has 2 rings (SSSR count). The fourth-order valence-corrected chi connectivity index (χ4v) is 2.94. The normalized spacial score (nSPS) is 20.1. The van der Waals surface area contributed by atoms with Crippen LogP contribution in [0.25, 0.3) is 0 Å². The van der Waals surface area contributed by atoms with Crippen LogP contribution in [-0.2, 0) is 4.79 Å². The minimum absolute atomic E-state index is 0.0710. The Balaban J connectivity index is 1.89. The van der Waals surface area contributed by atoms with Crippen LogP contribution in [0.15, 0.2) is 24.3 Å². The van der Waals surface area contributed by atoms with Gasteiger partial charge in [-0.3, -0.25) is 4.79 Å². The lowest BCUT2D eigenvalue weighted by Gasteiger charge is -2.35. The molecular weight excluding hydrogens is 286 g/mol. The third-order valence-corrected chi connectivity index (χ3v) is 4.13. The lowest BCUT2D eigenvalue weighted by atomic mass is 10.0. The molecular formula is C16H24ClN3O. The smallest absolute Gasteiger partial charge is 0.220 e. The van der Waals surface area contributed by atoms with Crippen molar-refractivity contribution in [1.82, 2.24) is 5.32 Å². The maximum atomic E-state index is 11.9. The highest BCUT2D eigenvalue weighted by Crippen LogP contribution is 2.27. The second kappa shape index (κ2) is 7.66. The third-order valence-electron chi connectivity index (χ3n) is 3.81. The van der Waals surface area contributed by atoms with Crippen molar-refractivity contribution in [3.05, 3.63) is 29.3 Å². The van der Waals surface area contributed by atoms with Gasteiger partial charge in [-0.05, 0) is 38.3 Å². The van der Waals surface area contributed by atoms with Crippen molar-refractivity contribution in [2.75, 3.05) is 18.0 Å². The Morgan fingerprint density at radius 3 is 3.00 bits per heavy atom. The van der Waals surface area contributed by atoms with Gasteiger partial charge >= 0.3 is 0 Å². The summed E-state index contributed by atoms with van der Waals surface area (Å²) in [7, 11) is 0. The maximum absolute atomic E-state index is 11.9. The number of benzene rings is 1. The second-order valence-electron chi connectivity index (χ2n) is 5.82.